The van der Waals surface area contributed by atoms with E-state index in [9.17, 15) is 4.79 Å². The number of ether oxygens (including phenoxy) is 1. The summed E-state index contributed by atoms with van der Waals surface area (Å²) in [6, 6.07) is 0. The maximum absolute atomic E-state index is 11.5. The largest absolute Gasteiger partial charge is 0.383 e. The summed E-state index contributed by atoms with van der Waals surface area (Å²) in [5, 5.41) is 2.80. The van der Waals surface area contributed by atoms with Crippen LogP contribution in [-0.2, 0) is 9.53 Å². The zero-order valence-electron chi connectivity index (χ0n) is 9.38. The Morgan fingerprint density at radius 2 is 2.14 bits per heavy atom. The summed E-state index contributed by atoms with van der Waals surface area (Å²) in [5.74, 6) is 0.474. The second-order valence-electron chi connectivity index (χ2n) is 3.85. The summed E-state index contributed by atoms with van der Waals surface area (Å²) >= 11 is 0. The number of rotatable bonds is 7. The van der Waals surface area contributed by atoms with E-state index in [0.29, 0.717) is 25.6 Å². The molecule has 1 unspecified atom stereocenters. The van der Waals surface area contributed by atoms with Gasteiger partial charge in [0, 0.05) is 20.2 Å². The van der Waals surface area contributed by atoms with Crippen LogP contribution in [0.1, 0.15) is 20.3 Å². The fourth-order valence-electron chi connectivity index (χ4n) is 1.30. The molecule has 0 aliphatic rings. The Hall–Kier alpha value is -0.610. The van der Waals surface area contributed by atoms with E-state index in [1.54, 1.807) is 7.11 Å². The molecule has 1 amide bonds. The molecule has 0 bridgehead atoms. The average Bonchev–Trinajstić information content (AvgIpc) is 2.14. The third-order valence-corrected chi connectivity index (χ3v) is 2.02. The third-order valence-electron chi connectivity index (χ3n) is 2.02. The smallest absolute Gasteiger partial charge is 0.224 e. The first-order chi connectivity index (χ1) is 6.61. The van der Waals surface area contributed by atoms with Gasteiger partial charge in [0.05, 0.1) is 12.5 Å². The van der Waals surface area contributed by atoms with E-state index in [0.717, 1.165) is 6.42 Å². The van der Waals surface area contributed by atoms with Crippen LogP contribution >= 0.6 is 0 Å². The van der Waals surface area contributed by atoms with Crippen LogP contribution in [0.15, 0.2) is 0 Å². The van der Waals surface area contributed by atoms with Gasteiger partial charge < -0.3 is 15.8 Å². The molecule has 14 heavy (non-hydrogen) atoms. The maximum atomic E-state index is 11.5. The molecule has 0 saturated carbocycles. The Morgan fingerprint density at radius 3 is 2.57 bits per heavy atom. The standard InChI is InChI=1S/C10H22N2O2/c1-8(2)6-9(7-11)10(13)12-4-5-14-3/h8-9H,4-7,11H2,1-3H3,(H,12,13). The van der Waals surface area contributed by atoms with Gasteiger partial charge in [0.1, 0.15) is 0 Å². The van der Waals surface area contributed by atoms with Gasteiger partial charge in [-0.25, -0.2) is 0 Å². The van der Waals surface area contributed by atoms with Gasteiger partial charge in [-0.3, -0.25) is 4.79 Å². The van der Waals surface area contributed by atoms with Gasteiger partial charge in [-0.2, -0.15) is 0 Å². The van der Waals surface area contributed by atoms with Crippen molar-refractivity contribution in [3.05, 3.63) is 0 Å². The van der Waals surface area contributed by atoms with Crippen molar-refractivity contribution in [2.45, 2.75) is 20.3 Å². The number of methoxy groups -OCH3 is 1. The molecule has 0 heterocycles. The number of nitrogens with two attached hydrogens (primary N) is 1. The fraction of sp³-hybridized carbons (Fsp3) is 0.900. The molecule has 0 aromatic rings. The van der Waals surface area contributed by atoms with Crippen LogP contribution < -0.4 is 11.1 Å². The van der Waals surface area contributed by atoms with E-state index < -0.39 is 0 Å². The van der Waals surface area contributed by atoms with Crippen LogP contribution in [-0.4, -0.2) is 32.7 Å². The van der Waals surface area contributed by atoms with Gasteiger partial charge in [-0.05, 0) is 12.3 Å². The van der Waals surface area contributed by atoms with E-state index in [1.165, 1.54) is 0 Å². The number of carbonyl (C=O) groups excluding carboxylic acids is 1. The number of hydrogen-bond acceptors (Lipinski definition) is 3. The molecule has 0 fully saturated rings. The van der Waals surface area contributed by atoms with Gasteiger partial charge in [0.15, 0.2) is 0 Å². The highest BCUT2D eigenvalue weighted by molar-refractivity contribution is 5.78. The van der Waals surface area contributed by atoms with Crippen molar-refractivity contribution in [1.82, 2.24) is 5.32 Å². The lowest BCUT2D eigenvalue weighted by molar-refractivity contribution is -0.125. The Kier molecular flexibility index (Phi) is 7.42. The summed E-state index contributed by atoms with van der Waals surface area (Å²) in [5.41, 5.74) is 5.53. The lowest BCUT2D eigenvalue weighted by Gasteiger charge is -2.16. The van der Waals surface area contributed by atoms with Gasteiger partial charge in [0.25, 0.3) is 0 Å². The van der Waals surface area contributed by atoms with Crippen molar-refractivity contribution >= 4 is 5.91 Å². The highest BCUT2D eigenvalue weighted by Gasteiger charge is 2.17. The Labute approximate surface area is 86.2 Å². The lowest BCUT2D eigenvalue weighted by Crippen LogP contribution is -2.37. The summed E-state index contributed by atoms with van der Waals surface area (Å²) in [6.07, 6.45) is 0.843. The van der Waals surface area contributed by atoms with Crippen molar-refractivity contribution in [1.29, 1.82) is 0 Å². The molecule has 0 aromatic carbocycles. The highest BCUT2D eigenvalue weighted by Crippen LogP contribution is 2.10. The molecule has 0 aliphatic carbocycles. The first kappa shape index (κ1) is 13.4. The average molecular weight is 202 g/mol. The molecular formula is C10H22N2O2. The van der Waals surface area contributed by atoms with E-state index in [1.807, 2.05) is 0 Å². The van der Waals surface area contributed by atoms with Crippen molar-refractivity contribution in [3.63, 3.8) is 0 Å². The topological polar surface area (TPSA) is 64.3 Å². The molecule has 84 valence electrons. The first-order valence-electron chi connectivity index (χ1n) is 5.08. The van der Waals surface area contributed by atoms with E-state index in [2.05, 4.69) is 19.2 Å². The SMILES string of the molecule is COCCNC(=O)C(CN)CC(C)C. The van der Waals surface area contributed by atoms with Gasteiger partial charge in [-0.1, -0.05) is 13.8 Å². The predicted octanol–water partition coefficient (Wildman–Crippen LogP) is 0.370. The molecule has 3 N–H and O–H groups in total. The highest BCUT2D eigenvalue weighted by atomic mass is 16.5. The zero-order valence-corrected chi connectivity index (χ0v) is 9.38. The van der Waals surface area contributed by atoms with Crippen molar-refractivity contribution in [3.8, 4) is 0 Å². The quantitative estimate of drug-likeness (QED) is 0.586. The molecule has 0 aromatic heterocycles. The zero-order chi connectivity index (χ0) is 11.0. The molecule has 0 spiro atoms. The second kappa shape index (κ2) is 7.76. The molecule has 0 radical (unpaired) electrons. The molecule has 1 atom stereocenters. The minimum atomic E-state index is -0.0631. The van der Waals surface area contributed by atoms with Crippen LogP contribution in [0.2, 0.25) is 0 Å². The number of carbonyl (C=O) groups is 1. The van der Waals surface area contributed by atoms with Gasteiger partial charge in [-0.15, -0.1) is 0 Å². The maximum Gasteiger partial charge on any atom is 0.224 e. The predicted molar refractivity (Wildman–Crippen MR) is 56.9 cm³/mol. The summed E-state index contributed by atoms with van der Waals surface area (Å²) < 4.78 is 4.84. The molecule has 0 saturated heterocycles. The van der Waals surface area contributed by atoms with Crippen LogP contribution in [0.25, 0.3) is 0 Å². The van der Waals surface area contributed by atoms with Crippen molar-refractivity contribution in [2.24, 2.45) is 17.6 Å². The Balaban J connectivity index is 3.79. The van der Waals surface area contributed by atoms with Crippen LogP contribution in [0.5, 0.6) is 0 Å². The van der Waals surface area contributed by atoms with Crippen LogP contribution in [0, 0.1) is 11.8 Å². The number of hydrogen-bond donors (Lipinski definition) is 2. The molecule has 4 nitrogen and oxygen atoms in total. The van der Waals surface area contributed by atoms with E-state index in [-0.39, 0.29) is 11.8 Å². The van der Waals surface area contributed by atoms with Crippen LogP contribution in [0.4, 0.5) is 0 Å². The van der Waals surface area contributed by atoms with Crippen molar-refractivity contribution < 1.29 is 9.53 Å². The molecule has 4 heteroatoms. The molecular weight excluding hydrogens is 180 g/mol. The Morgan fingerprint density at radius 1 is 1.50 bits per heavy atom. The first-order valence-corrected chi connectivity index (χ1v) is 5.08. The number of nitrogens with one attached hydrogen (secondary N) is 1. The van der Waals surface area contributed by atoms with Gasteiger partial charge >= 0.3 is 0 Å². The summed E-state index contributed by atoms with van der Waals surface area (Å²) in [7, 11) is 1.61. The normalized spacial score (nSPS) is 12.9. The summed E-state index contributed by atoms with van der Waals surface area (Å²) in [6.45, 7) is 5.70. The fourth-order valence-corrected chi connectivity index (χ4v) is 1.30. The van der Waals surface area contributed by atoms with E-state index in [4.69, 9.17) is 10.5 Å². The minimum absolute atomic E-state index is 0.0400. The number of amides is 1. The minimum Gasteiger partial charge on any atom is -0.383 e. The van der Waals surface area contributed by atoms with Crippen molar-refractivity contribution in [2.75, 3.05) is 26.8 Å². The van der Waals surface area contributed by atoms with E-state index >= 15 is 0 Å². The Bertz CT molecular complexity index is 160. The summed E-state index contributed by atoms with van der Waals surface area (Å²) in [4.78, 5) is 11.5. The lowest BCUT2D eigenvalue weighted by atomic mass is 9.96. The van der Waals surface area contributed by atoms with Crippen LogP contribution in [0.3, 0.4) is 0 Å². The van der Waals surface area contributed by atoms with Gasteiger partial charge in [0.2, 0.25) is 5.91 Å². The molecule has 0 aliphatic heterocycles. The monoisotopic (exact) mass is 202 g/mol. The second-order valence-corrected chi connectivity index (χ2v) is 3.85. The molecule has 0 rings (SSSR count). The third kappa shape index (κ3) is 5.94.